The molecule has 0 radical (unpaired) electrons. The summed E-state index contributed by atoms with van der Waals surface area (Å²) >= 11 is 0. The third-order valence-electron chi connectivity index (χ3n) is 4.36. The van der Waals surface area contributed by atoms with Crippen LogP contribution in [0.1, 0.15) is 11.1 Å². The number of aryl methyl sites for hydroxylation is 3. The van der Waals surface area contributed by atoms with Crippen LogP contribution in [0.15, 0.2) is 54.7 Å². The second kappa shape index (κ2) is 4.26. The average Bonchev–Trinajstić information content (AvgIpc) is 2.99. The van der Waals surface area contributed by atoms with Gasteiger partial charge in [-0.25, -0.2) is 0 Å². The Morgan fingerprint density at radius 3 is 2.24 bits per heavy atom. The molecule has 2 heterocycles. The fourth-order valence-electron chi connectivity index (χ4n) is 3.42. The molecule has 0 unspecified atom stereocenters. The van der Waals surface area contributed by atoms with Crippen molar-refractivity contribution in [3.05, 3.63) is 65.9 Å². The smallest absolute Gasteiger partial charge is 0.0743 e. The van der Waals surface area contributed by atoms with Crippen molar-refractivity contribution in [1.29, 1.82) is 0 Å². The van der Waals surface area contributed by atoms with E-state index in [1.165, 1.54) is 38.8 Å². The molecule has 0 spiro atoms. The minimum atomic E-state index is 1.27. The number of para-hydroxylation sites is 2. The Kier molecular flexibility index (Phi) is 2.49. The molecule has 4 rings (SSSR count). The maximum Gasteiger partial charge on any atom is 0.0743 e. The molecule has 0 bridgehead atoms. The van der Waals surface area contributed by atoms with Gasteiger partial charge in [-0.3, -0.25) is 0 Å². The van der Waals surface area contributed by atoms with Gasteiger partial charge in [0.15, 0.2) is 0 Å². The van der Waals surface area contributed by atoms with Crippen LogP contribution in [0.4, 0.5) is 0 Å². The van der Waals surface area contributed by atoms with E-state index in [1.807, 2.05) is 0 Å². The Bertz CT molecular complexity index is 950. The van der Waals surface area contributed by atoms with E-state index in [1.54, 1.807) is 0 Å². The summed E-state index contributed by atoms with van der Waals surface area (Å²) in [4.78, 5) is 0. The van der Waals surface area contributed by atoms with E-state index in [4.69, 9.17) is 0 Å². The summed E-state index contributed by atoms with van der Waals surface area (Å²) in [7, 11) is 2.11. The first-order chi connectivity index (χ1) is 10.2. The van der Waals surface area contributed by atoms with Crippen LogP contribution in [0.2, 0.25) is 0 Å². The standard InChI is InChI=1S/C19H18N2/c1-13-7-6-8-14(2)18(13)21-16-10-5-4-9-15(16)19-17(21)11-12-20(19)3/h4-12H,1-3H3. The molecule has 0 aliphatic heterocycles. The summed E-state index contributed by atoms with van der Waals surface area (Å²) in [5.74, 6) is 0. The van der Waals surface area contributed by atoms with Crippen molar-refractivity contribution in [2.24, 2.45) is 7.05 Å². The average molecular weight is 274 g/mol. The monoisotopic (exact) mass is 274 g/mol. The van der Waals surface area contributed by atoms with E-state index in [0.29, 0.717) is 0 Å². The van der Waals surface area contributed by atoms with Gasteiger partial charge in [0.05, 0.1) is 22.2 Å². The zero-order chi connectivity index (χ0) is 14.6. The molecule has 0 N–H and O–H groups in total. The fraction of sp³-hybridized carbons (Fsp3) is 0.158. The maximum absolute atomic E-state index is 2.40. The number of fused-ring (bicyclic) bond motifs is 3. The number of benzene rings is 2. The van der Waals surface area contributed by atoms with Crippen LogP contribution in [0, 0.1) is 13.8 Å². The van der Waals surface area contributed by atoms with Gasteiger partial charge in [0.25, 0.3) is 0 Å². The second-order valence-corrected chi connectivity index (χ2v) is 5.75. The molecule has 21 heavy (non-hydrogen) atoms. The molecule has 0 atom stereocenters. The van der Waals surface area contributed by atoms with Crippen molar-refractivity contribution in [3.8, 4) is 5.69 Å². The SMILES string of the molecule is Cc1cccc(C)c1-n1c2ccccc2c2c1ccn2C. The molecule has 0 fully saturated rings. The predicted molar refractivity (Wildman–Crippen MR) is 89.2 cm³/mol. The molecule has 104 valence electrons. The van der Waals surface area contributed by atoms with E-state index in [0.717, 1.165) is 0 Å². The van der Waals surface area contributed by atoms with E-state index in [-0.39, 0.29) is 0 Å². The Hall–Kier alpha value is -2.48. The third-order valence-corrected chi connectivity index (χ3v) is 4.36. The first kappa shape index (κ1) is 12.3. The number of nitrogens with zero attached hydrogens (tertiary/aromatic N) is 2. The highest BCUT2D eigenvalue weighted by atomic mass is 15.0. The number of rotatable bonds is 1. The Morgan fingerprint density at radius 2 is 1.48 bits per heavy atom. The number of aromatic nitrogens is 2. The number of hydrogen-bond donors (Lipinski definition) is 0. The van der Waals surface area contributed by atoms with E-state index < -0.39 is 0 Å². The molecule has 0 aliphatic carbocycles. The van der Waals surface area contributed by atoms with Gasteiger partial charge in [-0.15, -0.1) is 0 Å². The first-order valence-electron chi connectivity index (χ1n) is 7.29. The van der Waals surface area contributed by atoms with Crippen molar-refractivity contribution in [3.63, 3.8) is 0 Å². The van der Waals surface area contributed by atoms with Gasteiger partial charge in [0, 0.05) is 18.6 Å². The van der Waals surface area contributed by atoms with Crippen LogP contribution in [0.5, 0.6) is 0 Å². The van der Waals surface area contributed by atoms with Crippen molar-refractivity contribution in [1.82, 2.24) is 9.13 Å². The Balaban J connectivity index is 2.26. The largest absolute Gasteiger partial charge is 0.349 e. The van der Waals surface area contributed by atoms with Crippen LogP contribution >= 0.6 is 0 Å². The highest BCUT2D eigenvalue weighted by Crippen LogP contribution is 2.34. The number of hydrogen-bond acceptors (Lipinski definition) is 0. The van der Waals surface area contributed by atoms with Crippen LogP contribution in [-0.4, -0.2) is 9.13 Å². The molecular formula is C19H18N2. The van der Waals surface area contributed by atoms with E-state index in [2.05, 4.69) is 84.8 Å². The third kappa shape index (κ3) is 1.59. The highest BCUT2D eigenvalue weighted by Gasteiger charge is 2.16. The zero-order valence-electron chi connectivity index (χ0n) is 12.6. The van der Waals surface area contributed by atoms with Gasteiger partial charge in [0.1, 0.15) is 0 Å². The van der Waals surface area contributed by atoms with Gasteiger partial charge < -0.3 is 9.13 Å². The maximum atomic E-state index is 2.40. The Labute approximate surface area is 124 Å². The minimum Gasteiger partial charge on any atom is -0.349 e. The second-order valence-electron chi connectivity index (χ2n) is 5.75. The highest BCUT2D eigenvalue weighted by molar-refractivity contribution is 6.08. The molecule has 0 saturated heterocycles. The Morgan fingerprint density at radius 1 is 0.762 bits per heavy atom. The molecule has 0 saturated carbocycles. The van der Waals surface area contributed by atoms with Crippen LogP contribution in [0.25, 0.3) is 27.6 Å². The molecule has 2 heteroatoms. The molecule has 2 aromatic heterocycles. The van der Waals surface area contributed by atoms with Crippen LogP contribution < -0.4 is 0 Å². The lowest BCUT2D eigenvalue weighted by atomic mass is 10.1. The summed E-state index contributed by atoms with van der Waals surface area (Å²) < 4.78 is 4.61. The van der Waals surface area contributed by atoms with Gasteiger partial charge in [0.2, 0.25) is 0 Å². The molecule has 0 amide bonds. The lowest BCUT2D eigenvalue weighted by Gasteiger charge is -2.13. The van der Waals surface area contributed by atoms with Gasteiger partial charge >= 0.3 is 0 Å². The van der Waals surface area contributed by atoms with Gasteiger partial charge in [-0.1, -0.05) is 36.4 Å². The minimum absolute atomic E-state index is 1.27. The lowest BCUT2D eigenvalue weighted by Crippen LogP contribution is -1.99. The topological polar surface area (TPSA) is 9.86 Å². The lowest BCUT2D eigenvalue weighted by molar-refractivity contribution is 0.973. The molecule has 0 aliphatic rings. The fourth-order valence-corrected chi connectivity index (χ4v) is 3.42. The van der Waals surface area contributed by atoms with E-state index >= 15 is 0 Å². The molecule has 2 aromatic carbocycles. The van der Waals surface area contributed by atoms with Crippen molar-refractivity contribution >= 4 is 21.9 Å². The summed E-state index contributed by atoms with van der Waals surface area (Å²) in [5, 5.41) is 1.31. The summed E-state index contributed by atoms with van der Waals surface area (Å²) in [6, 6.07) is 17.4. The van der Waals surface area contributed by atoms with Crippen LogP contribution in [-0.2, 0) is 7.05 Å². The van der Waals surface area contributed by atoms with Crippen molar-refractivity contribution in [2.45, 2.75) is 13.8 Å². The first-order valence-corrected chi connectivity index (χ1v) is 7.29. The molecular weight excluding hydrogens is 256 g/mol. The molecule has 2 nitrogen and oxygen atoms in total. The summed E-state index contributed by atoms with van der Waals surface area (Å²) in [5.41, 5.74) is 7.76. The van der Waals surface area contributed by atoms with Crippen molar-refractivity contribution < 1.29 is 0 Å². The van der Waals surface area contributed by atoms with E-state index in [9.17, 15) is 0 Å². The predicted octanol–water partition coefficient (Wildman–Crippen LogP) is 4.74. The summed E-state index contributed by atoms with van der Waals surface area (Å²) in [6.07, 6.45) is 2.14. The van der Waals surface area contributed by atoms with Gasteiger partial charge in [-0.2, -0.15) is 0 Å². The molecule has 4 aromatic rings. The quantitative estimate of drug-likeness (QED) is 0.474. The van der Waals surface area contributed by atoms with Gasteiger partial charge in [-0.05, 0) is 37.1 Å². The summed E-state index contributed by atoms with van der Waals surface area (Å²) in [6.45, 7) is 4.37. The van der Waals surface area contributed by atoms with Crippen molar-refractivity contribution in [2.75, 3.05) is 0 Å². The normalized spacial score (nSPS) is 11.6. The van der Waals surface area contributed by atoms with Crippen LogP contribution in [0.3, 0.4) is 0 Å². The zero-order valence-corrected chi connectivity index (χ0v) is 12.6.